The Bertz CT molecular complexity index is 574. The van der Waals surface area contributed by atoms with Gasteiger partial charge in [0.2, 0.25) is 5.56 Å². The predicted molar refractivity (Wildman–Crippen MR) is 53.7 cm³/mol. The molecule has 0 fully saturated rings. The number of rotatable bonds is 1. The molecule has 5 nitrogen and oxygen atoms in total. The number of carbonyl (C=O) groups is 1. The van der Waals surface area contributed by atoms with Crippen molar-refractivity contribution < 1.29 is 9.53 Å². The van der Waals surface area contributed by atoms with E-state index in [0.717, 1.165) is 5.39 Å². The first kappa shape index (κ1) is 9.39. The van der Waals surface area contributed by atoms with Gasteiger partial charge in [-0.3, -0.25) is 4.79 Å². The van der Waals surface area contributed by atoms with Crippen molar-refractivity contribution in [2.24, 2.45) is 0 Å². The molecule has 0 unspecified atom stereocenters. The van der Waals surface area contributed by atoms with Crippen molar-refractivity contribution >= 4 is 16.9 Å². The zero-order valence-corrected chi connectivity index (χ0v) is 7.98. The summed E-state index contributed by atoms with van der Waals surface area (Å²) in [7, 11) is 1.29. The SMILES string of the molecule is COC(=O)c1cc2ccc(=O)[nH]c2cn1. The Morgan fingerprint density at radius 1 is 1.47 bits per heavy atom. The molecular formula is C10H8N2O3. The van der Waals surface area contributed by atoms with Crippen LogP contribution in [-0.2, 0) is 4.74 Å². The number of hydrogen-bond donors (Lipinski definition) is 1. The predicted octanol–water partition coefficient (Wildman–Crippen LogP) is 0.710. The van der Waals surface area contributed by atoms with Crippen molar-refractivity contribution in [3.8, 4) is 0 Å². The molecule has 76 valence electrons. The van der Waals surface area contributed by atoms with Gasteiger partial charge in [-0.25, -0.2) is 9.78 Å². The third-order valence-electron chi connectivity index (χ3n) is 2.00. The van der Waals surface area contributed by atoms with Gasteiger partial charge in [0.15, 0.2) is 0 Å². The first-order chi connectivity index (χ1) is 7.20. The second-order valence-electron chi connectivity index (χ2n) is 2.97. The fourth-order valence-corrected chi connectivity index (χ4v) is 1.27. The number of methoxy groups -OCH3 is 1. The van der Waals surface area contributed by atoms with E-state index in [2.05, 4.69) is 14.7 Å². The highest BCUT2D eigenvalue weighted by Crippen LogP contribution is 2.09. The number of esters is 1. The number of fused-ring (bicyclic) bond motifs is 1. The fourth-order valence-electron chi connectivity index (χ4n) is 1.27. The molecular weight excluding hydrogens is 196 g/mol. The molecule has 0 saturated carbocycles. The average Bonchev–Trinajstić information content (AvgIpc) is 2.27. The van der Waals surface area contributed by atoms with E-state index >= 15 is 0 Å². The van der Waals surface area contributed by atoms with Gasteiger partial charge in [0.05, 0.1) is 18.8 Å². The number of nitrogens with zero attached hydrogens (tertiary/aromatic N) is 1. The number of nitrogens with one attached hydrogen (secondary N) is 1. The molecule has 0 aliphatic heterocycles. The summed E-state index contributed by atoms with van der Waals surface area (Å²) < 4.78 is 4.54. The second-order valence-corrected chi connectivity index (χ2v) is 2.97. The molecule has 0 saturated heterocycles. The van der Waals surface area contributed by atoms with Gasteiger partial charge in [0, 0.05) is 11.5 Å². The van der Waals surface area contributed by atoms with Crippen LogP contribution in [0.2, 0.25) is 0 Å². The summed E-state index contributed by atoms with van der Waals surface area (Å²) in [6, 6.07) is 4.59. The van der Waals surface area contributed by atoms with Gasteiger partial charge in [0.1, 0.15) is 5.69 Å². The van der Waals surface area contributed by atoms with Crippen LogP contribution in [0.4, 0.5) is 0 Å². The molecule has 0 spiro atoms. The van der Waals surface area contributed by atoms with Gasteiger partial charge in [-0.1, -0.05) is 0 Å². The molecule has 0 atom stereocenters. The van der Waals surface area contributed by atoms with Crippen molar-refractivity contribution in [2.75, 3.05) is 7.11 Å². The highest BCUT2D eigenvalue weighted by molar-refractivity contribution is 5.91. The van der Waals surface area contributed by atoms with E-state index < -0.39 is 5.97 Å². The minimum atomic E-state index is -0.497. The number of pyridine rings is 2. The van der Waals surface area contributed by atoms with E-state index in [1.807, 2.05) is 0 Å². The summed E-state index contributed by atoms with van der Waals surface area (Å²) in [5.74, 6) is -0.497. The monoisotopic (exact) mass is 204 g/mol. The van der Waals surface area contributed by atoms with Crippen LogP contribution >= 0.6 is 0 Å². The summed E-state index contributed by atoms with van der Waals surface area (Å²) in [4.78, 5) is 28.6. The van der Waals surface area contributed by atoms with E-state index in [1.54, 1.807) is 12.1 Å². The molecule has 2 aromatic heterocycles. The van der Waals surface area contributed by atoms with Crippen LogP contribution in [0.3, 0.4) is 0 Å². The zero-order valence-electron chi connectivity index (χ0n) is 7.98. The minimum absolute atomic E-state index is 0.199. The number of H-pyrrole nitrogens is 1. The Hall–Kier alpha value is -2.17. The van der Waals surface area contributed by atoms with Crippen LogP contribution in [0.15, 0.2) is 29.2 Å². The first-order valence-electron chi connectivity index (χ1n) is 4.28. The molecule has 15 heavy (non-hydrogen) atoms. The molecule has 0 aromatic carbocycles. The Morgan fingerprint density at radius 2 is 2.27 bits per heavy atom. The lowest BCUT2D eigenvalue weighted by Gasteiger charge is -2.00. The molecule has 0 aliphatic carbocycles. The summed E-state index contributed by atoms with van der Waals surface area (Å²) in [5.41, 5.74) is 0.613. The van der Waals surface area contributed by atoms with E-state index in [4.69, 9.17) is 0 Å². The van der Waals surface area contributed by atoms with Crippen LogP contribution in [-0.4, -0.2) is 23.0 Å². The first-order valence-corrected chi connectivity index (χ1v) is 4.28. The van der Waals surface area contributed by atoms with Gasteiger partial charge in [-0.2, -0.15) is 0 Å². The normalized spacial score (nSPS) is 10.2. The lowest BCUT2D eigenvalue weighted by Crippen LogP contribution is -2.06. The molecule has 2 aromatic rings. The number of carbonyl (C=O) groups excluding carboxylic acids is 1. The Labute approximate surface area is 84.7 Å². The fraction of sp³-hybridized carbons (Fsp3) is 0.100. The zero-order chi connectivity index (χ0) is 10.8. The molecule has 0 bridgehead atoms. The standard InChI is InChI=1S/C10H8N2O3/c1-15-10(14)7-4-6-2-3-9(13)12-8(6)5-11-7/h2-5H,1H3,(H,12,13). The summed E-state index contributed by atoms with van der Waals surface area (Å²) in [6.07, 6.45) is 1.43. The van der Waals surface area contributed by atoms with Crippen molar-refractivity contribution in [2.45, 2.75) is 0 Å². The van der Waals surface area contributed by atoms with E-state index in [0.29, 0.717) is 5.52 Å². The topological polar surface area (TPSA) is 72.1 Å². The molecule has 0 aliphatic rings. The Kier molecular flexibility index (Phi) is 2.21. The summed E-state index contributed by atoms with van der Waals surface area (Å²) >= 11 is 0. The number of aromatic amines is 1. The summed E-state index contributed by atoms with van der Waals surface area (Å²) in [6.45, 7) is 0. The molecule has 0 radical (unpaired) electrons. The molecule has 2 rings (SSSR count). The van der Waals surface area contributed by atoms with Crippen molar-refractivity contribution in [3.63, 3.8) is 0 Å². The van der Waals surface area contributed by atoms with Crippen LogP contribution in [0.5, 0.6) is 0 Å². The molecule has 2 heterocycles. The largest absolute Gasteiger partial charge is 0.464 e. The number of hydrogen-bond acceptors (Lipinski definition) is 4. The summed E-state index contributed by atoms with van der Waals surface area (Å²) in [5, 5.41) is 0.741. The maximum atomic E-state index is 11.2. The van der Waals surface area contributed by atoms with Crippen LogP contribution in [0, 0.1) is 0 Å². The number of aromatic nitrogens is 2. The van der Waals surface area contributed by atoms with Crippen LogP contribution < -0.4 is 5.56 Å². The molecule has 1 N–H and O–H groups in total. The van der Waals surface area contributed by atoms with E-state index in [9.17, 15) is 9.59 Å². The maximum Gasteiger partial charge on any atom is 0.356 e. The Morgan fingerprint density at radius 3 is 3.00 bits per heavy atom. The molecule has 5 heteroatoms. The Balaban J connectivity index is 2.62. The van der Waals surface area contributed by atoms with Gasteiger partial charge in [-0.15, -0.1) is 0 Å². The van der Waals surface area contributed by atoms with Gasteiger partial charge < -0.3 is 9.72 Å². The lowest BCUT2D eigenvalue weighted by molar-refractivity contribution is 0.0594. The average molecular weight is 204 g/mol. The van der Waals surface area contributed by atoms with Crippen molar-refractivity contribution in [1.82, 2.24) is 9.97 Å². The minimum Gasteiger partial charge on any atom is -0.464 e. The maximum absolute atomic E-state index is 11.2. The third kappa shape index (κ3) is 1.71. The van der Waals surface area contributed by atoms with Gasteiger partial charge >= 0.3 is 5.97 Å². The van der Waals surface area contributed by atoms with Crippen LogP contribution in [0.25, 0.3) is 10.9 Å². The third-order valence-corrected chi connectivity index (χ3v) is 2.00. The van der Waals surface area contributed by atoms with Crippen LogP contribution in [0.1, 0.15) is 10.5 Å². The second kappa shape index (κ2) is 3.53. The van der Waals surface area contributed by atoms with Gasteiger partial charge in [-0.05, 0) is 12.1 Å². The smallest absolute Gasteiger partial charge is 0.356 e. The number of ether oxygens (including phenoxy) is 1. The van der Waals surface area contributed by atoms with E-state index in [-0.39, 0.29) is 11.3 Å². The van der Waals surface area contributed by atoms with Gasteiger partial charge in [0.25, 0.3) is 0 Å². The van der Waals surface area contributed by atoms with Crippen molar-refractivity contribution in [3.05, 3.63) is 40.4 Å². The highest BCUT2D eigenvalue weighted by Gasteiger charge is 2.07. The van der Waals surface area contributed by atoms with Crippen molar-refractivity contribution in [1.29, 1.82) is 0 Å². The molecule has 0 amide bonds. The highest BCUT2D eigenvalue weighted by atomic mass is 16.5. The lowest BCUT2D eigenvalue weighted by atomic mass is 10.2. The van der Waals surface area contributed by atoms with E-state index in [1.165, 1.54) is 19.4 Å². The quantitative estimate of drug-likeness (QED) is 0.694.